The van der Waals surface area contributed by atoms with Crippen LogP contribution in [-0.2, 0) is 14.2 Å². The van der Waals surface area contributed by atoms with Gasteiger partial charge in [-0.15, -0.1) is 0 Å². The van der Waals surface area contributed by atoms with Gasteiger partial charge in [-0.05, 0) is 12.8 Å². The van der Waals surface area contributed by atoms with Crippen LogP contribution in [0.2, 0.25) is 0 Å². The van der Waals surface area contributed by atoms with Gasteiger partial charge in [0.2, 0.25) is 0 Å². The molecule has 0 saturated heterocycles. The summed E-state index contributed by atoms with van der Waals surface area (Å²) in [5.74, 6) is -47.8. The second kappa shape index (κ2) is 12.2. The van der Waals surface area contributed by atoms with Crippen molar-refractivity contribution in [1.29, 1.82) is 0 Å². The Labute approximate surface area is 229 Å². The van der Waals surface area contributed by atoms with Crippen molar-refractivity contribution in [1.82, 2.24) is 0 Å². The zero-order valence-electron chi connectivity index (χ0n) is 19.3. The second-order valence-electron chi connectivity index (χ2n) is 7.79. The number of hydrogen-bond acceptors (Lipinski definition) is 3. The van der Waals surface area contributed by atoms with Gasteiger partial charge >= 0.3 is 66.1 Å². The summed E-state index contributed by atoms with van der Waals surface area (Å²) in [7, 11) is 0. The molecule has 0 aliphatic rings. The fraction of sp³-hybridized carbons (Fsp3) is 1.00. The first kappa shape index (κ1) is 41.8. The minimum absolute atomic E-state index is 0.0383. The van der Waals surface area contributed by atoms with E-state index >= 15 is 0 Å². The summed E-state index contributed by atoms with van der Waals surface area (Å²) in [6, 6.07) is 0. The molecule has 0 spiro atoms. The standard InChI is InChI=1S/C16H10BrF23O3/c17-3-1-2-4-41-5-6(18,19)7(20,21)8(22,23)10(26,27)13(33,34)42-15(37,38)16(39,40)43-14(35,36)11(28,29)9(24,25)12(30,31)32/h1-5H2. The van der Waals surface area contributed by atoms with E-state index in [1.807, 2.05) is 0 Å². The number of alkyl halides is 24. The molecule has 0 saturated carbocycles. The molecule has 0 heterocycles. The fourth-order valence-corrected chi connectivity index (χ4v) is 2.53. The molecule has 0 N–H and O–H groups in total. The molecule has 0 aromatic heterocycles. The second-order valence-corrected chi connectivity index (χ2v) is 8.59. The van der Waals surface area contributed by atoms with Crippen molar-refractivity contribution in [3.63, 3.8) is 0 Å². The van der Waals surface area contributed by atoms with Crippen molar-refractivity contribution in [2.24, 2.45) is 0 Å². The molecule has 0 unspecified atom stereocenters. The Hall–Kier alpha value is -1.25. The zero-order chi connectivity index (χ0) is 35.2. The van der Waals surface area contributed by atoms with E-state index in [9.17, 15) is 101 Å². The van der Waals surface area contributed by atoms with Gasteiger partial charge in [0.25, 0.3) is 0 Å². The molecule has 27 heteroatoms. The molecule has 0 radical (unpaired) electrons. The van der Waals surface area contributed by atoms with Crippen LogP contribution in [0, 0.1) is 0 Å². The molecule has 0 bridgehead atoms. The Balaban J connectivity index is 6.36. The molecule has 0 rings (SSSR count). The first-order valence-corrected chi connectivity index (χ1v) is 11.0. The first-order valence-electron chi connectivity index (χ1n) is 9.86. The predicted octanol–water partition coefficient (Wildman–Crippen LogP) is 8.96. The van der Waals surface area contributed by atoms with Gasteiger partial charge in [-0.25, -0.2) is 9.47 Å². The molecular weight excluding hydrogens is 757 g/mol. The SMILES string of the molecule is FC(F)(F)C(F)(F)C(F)(F)C(F)(F)OC(F)(F)C(F)(F)OC(F)(F)C(F)(F)C(F)(F)C(F)(F)C(F)(F)COCCCCBr. The summed E-state index contributed by atoms with van der Waals surface area (Å²) in [5.41, 5.74) is 0. The van der Waals surface area contributed by atoms with Gasteiger partial charge < -0.3 is 4.74 Å². The normalized spacial score (nSPS) is 16.2. The van der Waals surface area contributed by atoms with Crippen molar-refractivity contribution in [3.05, 3.63) is 0 Å². The third-order valence-corrected chi connectivity index (χ3v) is 5.10. The third kappa shape index (κ3) is 7.43. The summed E-state index contributed by atoms with van der Waals surface area (Å²) in [5, 5.41) is 0.122. The van der Waals surface area contributed by atoms with Crippen LogP contribution in [0.25, 0.3) is 0 Å². The molecule has 0 aromatic carbocycles. The van der Waals surface area contributed by atoms with Gasteiger partial charge in [0, 0.05) is 11.9 Å². The topological polar surface area (TPSA) is 27.7 Å². The minimum atomic E-state index is -8.52. The Kier molecular flexibility index (Phi) is 11.8. The highest BCUT2D eigenvalue weighted by atomic mass is 79.9. The van der Waals surface area contributed by atoms with E-state index in [1.54, 1.807) is 0 Å². The molecular formula is C16H10BrF23O3. The van der Waals surface area contributed by atoms with Gasteiger partial charge in [-0.3, -0.25) is 0 Å². The van der Waals surface area contributed by atoms with Crippen LogP contribution in [0.3, 0.4) is 0 Å². The van der Waals surface area contributed by atoms with Gasteiger partial charge in [0.1, 0.15) is 6.61 Å². The van der Waals surface area contributed by atoms with Crippen LogP contribution < -0.4 is 0 Å². The number of hydrogen-bond donors (Lipinski definition) is 0. The van der Waals surface area contributed by atoms with Crippen molar-refractivity contribution < 1.29 is 115 Å². The molecule has 0 amide bonds. The van der Waals surface area contributed by atoms with Crippen LogP contribution in [0.1, 0.15) is 12.8 Å². The molecule has 260 valence electrons. The van der Waals surface area contributed by atoms with Crippen molar-refractivity contribution >= 4 is 15.9 Å². The average Bonchev–Trinajstić information content (AvgIpc) is 2.75. The molecule has 3 nitrogen and oxygen atoms in total. The highest BCUT2D eigenvalue weighted by Gasteiger charge is 2.89. The molecule has 43 heavy (non-hydrogen) atoms. The quantitative estimate of drug-likeness (QED) is 0.0841. The number of ether oxygens (including phenoxy) is 3. The molecule has 0 fully saturated rings. The van der Waals surface area contributed by atoms with E-state index in [4.69, 9.17) is 0 Å². The van der Waals surface area contributed by atoms with Crippen LogP contribution in [-0.4, -0.2) is 84.7 Å². The van der Waals surface area contributed by atoms with Gasteiger partial charge in [0.05, 0.1) is 0 Å². The Morgan fingerprint density at radius 2 is 0.744 bits per heavy atom. The summed E-state index contributed by atoms with van der Waals surface area (Å²) >= 11 is 2.77. The van der Waals surface area contributed by atoms with Crippen LogP contribution in [0.4, 0.5) is 101 Å². The lowest BCUT2D eigenvalue weighted by Gasteiger charge is -2.40. The third-order valence-electron chi connectivity index (χ3n) is 4.54. The average molecular weight is 767 g/mol. The summed E-state index contributed by atoms with van der Waals surface area (Å²) in [4.78, 5) is 0. The zero-order valence-corrected chi connectivity index (χ0v) is 20.9. The highest BCUT2D eigenvalue weighted by molar-refractivity contribution is 9.09. The number of halogens is 24. The Bertz CT molecular complexity index is 930. The van der Waals surface area contributed by atoms with Gasteiger partial charge in [-0.1, -0.05) is 15.9 Å². The molecule has 0 aliphatic carbocycles. The summed E-state index contributed by atoms with van der Waals surface area (Å²) in [6.07, 6.45) is -41.1. The lowest BCUT2D eigenvalue weighted by Crippen LogP contribution is -2.70. The first-order chi connectivity index (χ1) is 18.5. The van der Waals surface area contributed by atoms with Crippen LogP contribution in [0.15, 0.2) is 0 Å². The largest absolute Gasteiger partial charge is 0.460 e. The minimum Gasteiger partial charge on any atom is -0.375 e. The van der Waals surface area contributed by atoms with E-state index < -0.39 is 79.4 Å². The maximum Gasteiger partial charge on any atom is 0.460 e. The Morgan fingerprint density at radius 1 is 0.395 bits per heavy atom. The summed E-state index contributed by atoms with van der Waals surface area (Å²) < 4.78 is 308. The van der Waals surface area contributed by atoms with E-state index in [0.717, 1.165) is 9.47 Å². The summed E-state index contributed by atoms with van der Waals surface area (Å²) in [6.45, 7) is -3.95. The molecule has 0 aromatic rings. The monoisotopic (exact) mass is 766 g/mol. The highest BCUT2D eigenvalue weighted by Crippen LogP contribution is 2.60. The predicted molar refractivity (Wildman–Crippen MR) is 91.5 cm³/mol. The Morgan fingerprint density at radius 3 is 1.07 bits per heavy atom. The lowest BCUT2D eigenvalue weighted by atomic mass is 9.98. The maximum atomic E-state index is 13.7. The van der Waals surface area contributed by atoms with Gasteiger partial charge in [-0.2, -0.15) is 101 Å². The van der Waals surface area contributed by atoms with Crippen molar-refractivity contribution in [2.45, 2.75) is 79.0 Å². The van der Waals surface area contributed by atoms with Crippen LogP contribution >= 0.6 is 15.9 Å². The maximum absolute atomic E-state index is 13.7. The fourth-order valence-electron chi connectivity index (χ4n) is 2.13. The molecule has 0 aliphatic heterocycles. The van der Waals surface area contributed by atoms with Gasteiger partial charge in [0.15, 0.2) is 0 Å². The van der Waals surface area contributed by atoms with Crippen LogP contribution in [0.5, 0.6) is 0 Å². The van der Waals surface area contributed by atoms with Crippen molar-refractivity contribution in [2.75, 3.05) is 18.5 Å². The molecule has 0 atom stereocenters. The van der Waals surface area contributed by atoms with E-state index in [1.165, 1.54) is 0 Å². The van der Waals surface area contributed by atoms with Crippen molar-refractivity contribution in [3.8, 4) is 0 Å². The number of rotatable bonds is 17. The van der Waals surface area contributed by atoms with E-state index in [-0.39, 0.29) is 18.2 Å². The lowest BCUT2D eigenvalue weighted by molar-refractivity contribution is -0.558. The van der Waals surface area contributed by atoms with E-state index in [2.05, 4.69) is 20.7 Å². The number of unbranched alkanes of at least 4 members (excludes halogenated alkanes) is 1. The smallest absolute Gasteiger partial charge is 0.375 e. The van der Waals surface area contributed by atoms with E-state index in [0.29, 0.717) is 0 Å².